The molecular weight excluding hydrogens is 414 g/mol. The first-order chi connectivity index (χ1) is 14.0. The first-order valence-electron chi connectivity index (χ1n) is 8.38. The number of methoxy groups -OCH3 is 1. The lowest BCUT2D eigenvalue weighted by molar-refractivity contribution is -0.123. The Balaban J connectivity index is 1.49. The van der Waals surface area contributed by atoms with Crippen LogP contribution in [0, 0.1) is 6.92 Å². The number of nitrogens with zero attached hydrogens (tertiary/aromatic N) is 1. The Morgan fingerprint density at radius 2 is 1.90 bits per heavy atom. The van der Waals surface area contributed by atoms with Crippen LogP contribution in [-0.4, -0.2) is 36.6 Å². The summed E-state index contributed by atoms with van der Waals surface area (Å²) in [6.45, 7) is 1.12. The molecule has 1 aromatic carbocycles. The minimum absolute atomic E-state index is 0.321. The summed E-state index contributed by atoms with van der Waals surface area (Å²) in [5, 5.41) is 9.16. The van der Waals surface area contributed by atoms with Gasteiger partial charge >= 0.3 is 12.0 Å². The number of amides is 3. The minimum atomic E-state index is -0.746. The number of esters is 1. The van der Waals surface area contributed by atoms with Gasteiger partial charge in [0.2, 0.25) is 0 Å². The Labute approximate surface area is 174 Å². The number of aryl methyl sites for hydroxylation is 1. The van der Waals surface area contributed by atoms with E-state index in [9.17, 15) is 14.4 Å². The maximum Gasteiger partial charge on any atom is 0.350 e. The number of anilines is 1. The lowest BCUT2D eigenvalue weighted by Crippen LogP contribution is -2.37. The standard InChI is InChI=1S/C19H17N3O5S2/c1-11-16(29-17(20-11)12-7-8-28-10-12)18(24)27-9-15(23)22-19(25)21-13-3-5-14(26-2)6-4-13/h3-8,10H,9H2,1-2H3,(H2,21,22,23,25). The molecule has 0 fully saturated rings. The van der Waals surface area contributed by atoms with Crippen LogP contribution >= 0.6 is 22.7 Å². The van der Waals surface area contributed by atoms with Gasteiger partial charge < -0.3 is 14.8 Å². The summed E-state index contributed by atoms with van der Waals surface area (Å²) in [5.41, 5.74) is 1.93. The third-order valence-electron chi connectivity index (χ3n) is 3.69. The molecule has 29 heavy (non-hydrogen) atoms. The molecule has 2 aromatic heterocycles. The third kappa shape index (κ3) is 5.39. The molecule has 2 N–H and O–H groups in total. The van der Waals surface area contributed by atoms with Crippen LogP contribution in [0.3, 0.4) is 0 Å². The largest absolute Gasteiger partial charge is 0.497 e. The zero-order valence-electron chi connectivity index (χ0n) is 15.6. The zero-order valence-corrected chi connectivity index (χ0v) is 17.2. The van der Waals surface area contributed by atoms with Crippen LogP contribution in [0.2, 0.25) is 0 Å². The Morgan fingerprint density at radius 3 is 2.55 bits per heavy atom. The van der Waals surface area contributed by atoms with Gasteiger partial charge in [-0.25, -0.2) is 14.6 Å². The number of hydrogen-bond acceptors (Lipinski definition) is 8. The Morgan fingerprint density at radius 1 is 1.14 bits per heavy atom. The monoisotopic (exact) mass is 431 g/mol. The van der Waals surface area contributed by atoms with E-state index in [4.69, 9.17) is 9.47 Å². The first kappa shape index (κ1) is 20.5. The quantitative estimate of drug-likeness (QED) is 0.577. The highest BCUT2D eigenvalue weighted by Gasteiger charge is 2.19. The fraction of sp³-hybridized carbons (Fsp3) is 0.158. The minimum Gasteiger partial charge on any atom is -0.497 e. The lowest BCUT2D eigenvalue weighted by Gasteiger charge is -2.08. The fourth-order valence-corrected chi connectivity index (χ4v) is 3.96. The van der Waals surface area contributed by atoms with Crippen molar-refractivity contribution in [1.82, 2.24) is 10.3 Å². The summed E-state index contributed by atoms with van der Waals surface area (Å²) in [4.78, 5) is 40.7. The number of thiazole rings is 1. The van der Waals surface area contributed by atoms with Crippen molar-refractivity contribution in [1.29, 1.82) is 0 Å². The highest BCUT2D eigenvalue weighted by Crippen LogP contribution is 2.29. The summed E-state index contributed by atoms with van der Waals surface area (Å²) >= 11 is 2.73. The van der Waals surface area contributed by atoms with Gasteiger partial charge in [-0.2, -0.15) is 11.3 Å². The number of carbonyl (C=O) groups is 3. The summed E-state index contributed by atoms with van der Waals surface area (Å²) < 4.78 is 10.0. The summed E-state index contributed by atoms with van der Waals surface area (Å²) in [5.74, 6) is -0.767. The maximum absolute atomic E-state index is 12.2. The van der Waals surface area contributed by atoms with Crippen molar-refractivity contribution in [3.8, 4) is 16.3 Å². The number of thiophene rings is 1. The van der Waals surface area contributed by atoms with Crippen LogP contribution < -0.4 is 15.4 Å². The van der Waals surface area contributed by atoms with Crippen molar-refractivity contribution in [2.24, 2.45) is 0 Å². The van der Waals surface area contributed by atoms with Gasteiger partial charge in [-0.15, -0.1) is 11.3 Å². The molecule has 0 saturated heterocycles. The lowest BCUT2D eigenvalue weighted by atomic mass is 10.3. The number of rotatable bonds is 6. The molecule has 3 amide bonds. The average molecular weight is 431 g/mol. The number of aromatic nitrogens is 1. The van der Waals surface area contributed by atoms with Crippen LogP contribution in [0.25, 0.3) is 10.6 Å². The van der Waals surface area contributed by atoms with Crippen molar-refractivity contribution in [3.63, 3.8) is 0 Å². The molecule has 0 spiro atoms. The number of carbonyl (C=O) groups excluding carboxylic acids is 3. The van der Waals surface area contributed by atoms with E-state index in [-0.39, 0.29) is 0 Å². The second-order valence-corrected chi connectivity index (χ2v) is 7.53. The number of nitrogens with one attached hydrogen (secondary N) is 2. The van der Waals surface area contributed by atoms with Gasteiger partial charge in [0.1, 0.15) is 15.6 Å². The molecule has 2 heterocycles. The van der Waals surface area contributed by atoms with Crippen LogP contribution in [0.4, 0.5) is 10.5 Å². The first-order valence-corrected chi connectivity index (χ1v) is 10.1. The van der Waals surface area contributed by atoms with Crippen LogP contribution in [0.5, 0.6) is 5.75 Å². The normalized spacial score (nSPS) is 10.3. The molecule has 10 heteroatoms. The Hall–Kier alpha value is -3.24. The number of benzene rings is 1. The zero-order chi connectivity index (χ0) is 20.8. The van der Waals surface area contributed by atoms with E-state index >= 15 is 0 Å². The van der Waals surface area contributed by atoms with E-state index in [2.05, 4.69) is 15.6 Å². The van der Waals surface area contributed by atoms with E-state index in [1.54, 1.807) is 31.2 Å². The van der Waals surface area contributed by atoms with Gasteiger partial charge in [-0.3, -0.25) is 10.1 Å². The van der Waals surface area contributed by atoms with E-state index in [1.807, 2.05) is 16.8 Å². The Bertz CT molecular complexity index is 1010. The molecule has 0 radical (unpaired) electrons. The van der Waals surface area contributed by atoms with Gasteiger partial charge in [0, 0.05) is 16.6 Å². The highest BCUT2D eigenvalue weighted by molar-refractivity contribution is 7.17. The third-order valence-corrected chi connectivity index (χ3v) is 5.56. The molecule has 0 aliphatic rings. The highest BCUT2D eigenvalue weighted by atomic mass is 32.1. The van der Waals surface area contributed by atoms with E-state index in [0.29, 0.717) is 27.0 Å². The molecule has 3 aromatic rings. The molecule has 150 valence electrons. The fourth-order valence-electron chi connectivity index (χ4n) is 2.29. The van der Waals surface area contributed by atoms with Gasteiger partial charge in [0.25, 0.3) is 5.91 Å². The predicted molar refractivity (Wildman–Crippen MR) is 111 cm³/mol. The SMILES string of the molecule is COc1ccc(NC(=O)NC(=O)COC(=O)c2sc(-c3ccsc3)nc2C)cc1. The molecular formula is C19H17N3O5S2. The van der Waals surface area contributed by atoms with E-state index < -0.39 is 24.5 Å². The van der Waals surface area contributed by atoms with Crippen molar-refractivity contribution >= 4 is 46.3 Å². The molecule has 3 rings (SSSR count). The van der Waals surface area contributed by atoms with Gasteiger partial charge in [0.05, 0.1) is 12.8 Å². The van der Waals surface area contributed by atoms with Crippen molar-refractivity contribution in [2.45, 2.75) is 6.92 Å². The topological polar surface area (TPSA) is 107 Å². The summed E-state index contributed by atoms with van der Waals surface area (Å²) in [6, 6.07) is 7.76. The van der Waals surface area contributed by atoms with Gasteiger partial charge in [-0.05, 0) is 42.6 Å². The van der Waals surface area contributed by atoms with Crippen molar-refractivity contribution in [2.75, 3.05) is 19.0 Å². The van der Waals surface area contributed by atoms with Gasteiger partial charge in [-0.1, -0.05) is 0 Å². The molecule has 0 unspecified atom stereocenters. The van der Waals surface area contributed by atoms with Crippen LogP contribution in [0.1, 0.15) is 15.4 Å². The average Bonchev–Trinajstić information content (AvgIpc) is 3.36. The second kappa shape index (κ2) is 9.30. The molecule has 0 saturated carbocycles. The molecule has 0 atom stereocenters. The number of urea groups is 1. The van der Waals surface area contributed by atoms with E-state index in [1.165, 1.54) is 29.8 Å². The molecule has 0 bridgehead atoms. The molecule has 0 aliphatic heterocycles. The molecule has 0 aliphatic carbocycles. The number of ether oxygens (including phenoxy) is 2. The smallest absolute Gasteiger partial charge is 0.350 e. The molecule has 8 nitrogen and oxygen atoms in total. The van der Waals surface area contributed by atoms with Crippen molar-refractivity contribution < 1.29 is 23.9 Å². The summed E-state index contributed by atoms with van der Waals surface area (Å²) in [6.07, 6.45) is 0. The van der Waals surface area contributed by atoms with Crippen molar-refractivity contribution in [3.05, 3.63) is 51.7 Å². The predicted octanol–water partition coefficient (Wildman–Crippen LogP) is 3.69. The maximum atomic E-state index is 12.2. The van der Waals surface area contributed by atoms with Crippen LogP contribution in [0.15, 0.2) is 41.1 Å². The van der Waals surface area contributed by atoms with E-state index in [0.717, 1.165) is 5.56 Å². The second-order valence-electron chi connectivity index (χ2n) is 5.75. The summed E-state index contributed by atoms with van der Waals surface area (Å²) in [7, 11) is 1.53. The van der Waals surface area contributed by atoms with Crippen LogP contribution in [-0.2, 0) is 9.53 Å². The number of imide groups is 1. The van der Waals surface area contributed by atoms with Gasteiger partial charge in [0.15, 0.2) is 6.61 Å². The Kier molecular flexibility index (Phi) is 6.57. The number of hydrogen-bond donors (Lipinski definition) is 2.